The Bertz CT molecular complexity index is 93.6. The molecule has 2 nitrogen and oxygen atoms in total. The lowest BCUT2D eigenvalue weighted by molar-refractivity contribution is 0.283. The minimum Gasteiger partial charge on any atom is -0.396 e. The molecule has 0 saturated heterocycles. The summed E-state index contributed by atoms with van der Waals surface area (Å²) < 4.78 is 0. The normalized spacial score (nSPS) is 12.9. The first-order valence-corrected chi connectivity index (χ1v) is 4.26. The molecule has 0 saturated carbocycles. The number of unbranched alkanes of at least 4 members (excludes halogenated alkanes) is 1. The molecule has 0 aliphatic rings. The molecule has 66 valence electrons. The molecule has 1 atom stereocenters. The van der Waals surface area contributed by atoms with Gasteiger partial charge in [0.2, 0.25) is 0 Å². The van der Waals surface area contributed by atoms with Gasteiger partial charge in [0.25, 0.3) is 0 Å². The quantitative estimate of drug-likeness (QED) is 0.431. The molecule has 0 heterocycles. The summed E-state index contributed by atoms with van der Waals surface area (Å²) in [6.07, 6.45) is 4.88. The fourth-order valence-corrected chi connectivity index (χ4v) is 0.919. The van der Waals surface area contributed by atoms with Crippen molar-refractivity contribution in [3.05, 3.63) is 12.7 Å². The van der Waals surface area contributed by atoms with Crippen LogP contribution in [0.3, 0.4) is 0 Å². The van der Waals surface area contributed by atoms with E-state index in [1.54, 1.807) is 0 Å². The van der Waals surface area contributed by atoms with E-state index in [1.807, 2.05) is 6.08 Å². The molecule has 0 fully saturated rings. The van der Waals surface area contributed by atoms with Crippen LogP contribution in [0.1, 0.15) is 26.2 Å². The molecule has 0 aliphatic heterocycles. The summed E-state index contributed by atoms with van der Waals surface area (Å²) >= 11 is 0. The molecule has 0 aromatic rings. The van der Waals surface area contributed by atoms with Gasteiger partial charge in [-0.05, 0) is 32.7 Å². The van der Waals surface area contributed by atoms with Gasteiger partial charge in [-0.1, -0.05) is 6.08 Å². The standard InChI is InChI=1S/C9H19NO/c1-3-6-9(2)10-7-4-5-8-11/h3,9-11H,1,4-8H2,2H3. The molecule has 2 heteroatoms. The Morgan fingerprint density at radius 3 is 2.82 bits per heavy atom. The molecular formula is C9H19NO. The highest BCUT2D eigenvalue weighted by Gasteiger charge is 1.95. The Morgan fingerprint density at radius 1 is 1.55 bits per heavy atom. The number of hydrogen-bond acceptors (Lipinski definition) is 2. The largest absolute Gasteiger partial charge is 0.396 e. The summed E-state index contributed by atoms with van der Waals surface area (Å²) in [4.78, 5) is 0. The van der Waals surface area contributed by atoms with E-state index in [2.05, 4.69) is 18.8 Å². The van der Waals surface area contributed by atoms with Gasteiger partial charge in [0.05, 0.1) is 0 Å². The summed E-state index contributed by atoms with van der Waals surface area (Å²) in [5.74, 6) is 0. The van der Waals surface area contributed by atoms with Crippen LogP contribution in [0.2, 0.25) is 0 Å². The van der Waals surface area contributed by atoms with Gasteiger partial charge in [-0.3, -0.25) is 0 Å². The highest BCUT2D eigenvalue weighted by molar-refractivity contribution is 4.74. The molecule has 0 aromatic heterocycles. The lowest BCUT2D eigenvalue weighted by Gasteiger charge is -2.10. The topological polar surface area (TPSA) is 32.3 Å². The Kier molecular flexibility index (Phi) is 7.52. The fourth-order valence-electron chi connectivity index (χ4n) is 0.919. The number of aliphatic hydroxyl groups is 1. The Morgan fingerprint density at radius 2 is 2.27 bits per heavy atom. The van der Waals surface area contributed by atoms with Gasteiger partial charge in [-0.25, -0.2) is 0 Å². The van der Waals surface area contributed by atoms with Crippen molar-refractivity contribution in [2.24, 2.45) is 0 Å². The summed E-state index contributed by atoms with van der Waals surface area (Å²) in [7, 11) is 0. The summed E-state index contributed by atoms with van der Waals surface area (Å²) in [6, 6.07) is 0.520. The van der Waals surface area contributed by atoms with Crippen LogP contribution in [-0.2, 0) is 0 Å². The van der Waals surface area contributed by atoms with Crippen LogP contribution in [0.4, 0.5) is 0 Å². The van der Waals surface area contributed by atoms with Gasteiger partial charge in [-0.2, -0.15) is 0 Å². The molecule has 0 amide bonds. The van der Waals surface area contributed by atoms with Crippen LogP contribution in [0.15, 0.2) is 12.7 Å². The first kappa shape index (κ1) is 10.7. The molecule has 2 N–H and O–H groups in total. The summed E-state index contributed by atoms with van der Waals surface area (Å²) in [5.41, 5.74) is 0. The van der Waals surface area contributed by atoms with E-state index in [9.17, 15) is 0 Å². The average Bonchev–Trinajstić information content (AvgIpc) is 1.99. The monoisotopic (exact) mass is 157 g/mol. The molecule has 0 aliphatic carbocycles. The van der Waals surface area contributed by atoms with Crippen molar-refractivity contribution >= 4 is 0 Å². The van der Waals surface area contributed by atoms with Gasteiger partial charge in [0, 0.05) is 12.6 Å². The maximum absolute atomic E-state index is 8.49. The van der Waals surface area contributed by atoms with E-state index in [-0.39, 0.29) is 0 Å². The van der Waals surface area contributed by atoms with Gasteiger partial charge >= 0.3 is 0 Å². The van der Waals surface area contributed by atoms with E-state index >= 15 is 0 Å². The lowest BCUT2D eigenvalue weighted by Crippen LogP contribution is -2.26. The molecule has 0 bridgehead atoms. The van der Waals surface area contributed by atoms with Gasteiger partial charge in [0.15, 0.2) is 0 Å². The first-order chi connectivity index (χ1) is 5.31. The number of nitrogens with one attached hydrogen (secondary N) is 1. The van der Waals surface area contributed by atoms with E-state index < -0.39 is 0 Å². The molecular weight excluding hydrogens is 138 g/mol. The maximum atomic E-state index is 8.49. The second-order valence-electron chi connectivity index (χ2n) is 2.81. The third kappa shape index (κ3) is 7.56. The van der Waals surface area contributed by atoms with Gasteiger partial charge < -0.3 is 10.4 Å². The third-order valence-corrected chi connectivity index (χ3v) is 1.60. The van der Waals surface area contributed by atoms with E-state index in [0.29, 0.717) is 12.6 Å². The Balaban J connectivity index is 3.03. The van der Waals surface area contributed by atoms with Crippen molar-refractivity contribution in [3.8, 4) is 0 Å². The van der Waals surface area contributed by atoms with Crippen molar-refractivity contribution in [1.82, 2.24) is 5.32 Å². The molecule has 0 rings (SSSR count). The van der Waals surface area contributed by atoms with Crippen molar-refractivity contribution in [2.45, 2.75) is 32.2 Å². The first-order valence-electron chi connectivity index (χ1n) is 4.26. The van der Waals surface area contributed by atoms with Crippen molar-refractivity contribution in [3.63, 3.8) is 0 Å². The van der Waals surface area contributed by atoms with E-state index in [4.69, 9.17) is 5.11 Å². The van der Waals surface area contributed by atoms with Crippen molar-refractivity contribution in [1.29, 1.82) is 0 Å². The molecule has 11 heavy (non-hydrogen) atoms. The van der Waals surface area contributed by atoms with Gasteiger partial charge in [-0.15, -0.1) is 6.58 Å². The second-order valence-corrected chi connectivity index (χ2v) is 2.81. The lowest BCUT2D eigenvalue weighted by atomic mass is 10.2. The second kappa shape index (κ2) is 7.76. The van der Waals surface area contributed by atoms with Crippen LogP contribution in [0.25, 0.3) is 0 Å². The van der Waals surface area contributed by atoms with Crippen molar-refractivity contribution < 1.29 is 5.11 Å². The number of hydrogen-bond donors (Lipinski definition) is 2. The van der Waals surface area contributed by atoms with Crippen molar-refractivity contribution in [2.75, 3.05) is 13.2 Å². The maximum Gasteiger partial charge on any atom is 0.0431 e. The zero-order chi connectivity index (χ0) is 8.53. The van der Waals surface area contributed by atoms with E-state index in [0.717, 1.165) is 25.8 Å². The Labute approximate surface area is 69.3 Å². The van der Waals surface area contributed by atoms with Crippen LogP contribution < -0.4 is 5.32 Å². The van der Waals surface area contributed by atoms with Crippen LogP contribution >= 0.6 is 0 Å². The molecule has 0 radical (unpaired) electrons. The highest BCUT2D eigenvalue weighted by Crippen LogP contribution is 1.91. The van der Waals surface area contributed by atoms with Crippen LogP contribution in [-0.4, -0.2) is 24.3 Å². The average molecular weight is 157 g/mol. The van der Waals surface area contributed by atoms with E-state index in [1.165, 1.54) is 0 Å². The fraction of sp³-hybridized carbons (Fsp3) is 0.778. The number of rotatable bonds is 7. The molecule has 1 unspecified atom stereocenters. The predicted molar refractivity (Wildman–Crippen MR) is 48.6 cm³/mol. The van der Waals surface area contributed by atoms with Crippen LogP contribution in [0, 0.1) is 0 Å². The molecule has 0 spiro atoms. The predicted octanol–water partition coefficient (Wildman–Crippen LogP) is 1.31. The zero-order valence-corrected chi connectivity index (χ0v) is 7.34. The smallest absolute Gasteiger partial charge is 0.0431 e. The van der Waals surface area contributed by atoms with Gasteiger partial charge in [0.1, 0.15) is 0 Å². The minimum absolute atomic E-state index is 0.303. The summed E-state index contributed by atoms with van der Waals surface area (Å²) in [6.45, 7) is 7.10. The summed E-state index contributed by atoms with van der Waals surface area (Å²) in [5, 5.41) is 11.8. The minimum atomic E-state index is 0.303. The van der Waals surface area contributed by atoms with Crippen LogP contribution in [0.5, 0.6) is 0 Å². The SMILES string of the molecule is C=CCC(C)NCCCCO. The highest BCUT2D eigenvalue weighted by atomic mass is 16.2. The zero-order valence-electron chi connectivity index (χ0n) is 7.34. The third-order valence-electron chi connectivity index (χ3n) is 1.60. The molecule has 0 aromatic carbocycles. The number of aliphatic hydroxyl groups excluding tert-OH is 1. The Hall–Kier alpha value is -0.340.